The number of nitrogens with zero attached hydrogens (tertiary/aromatic N) is 4. The van der Waals surface area contributed by atoms with Crippen LogP contribution in [-0.4, -0.2) is 37.4 Å². The third kappa shape index (κ3) is 3.11. The fourth-order valence-corrected chi connectivity index (χ4v) is 2.84. The lowest BCUT2D eigenvalue weighted by Crippen LogP contribution is -2.17. The Morgan fingerprint density at radius 1 is 1.41 bits per heavy atom. The molecule has 1 aromatic carbocycles. The van der Waals surface area contributed by atoms with Gasteiger partial charge in [-0.3, -0.25) is 4.79 Å². The number of benzene rings is 1. The molecular formula is C14H14N4O3S. The van der Waals surface area contributed by atoms with Gasteiger partial charge >= 0.3 is 5.97 Å². The summed E-state index contributed by atoms with van der Waals surface area (Å²) in [5, 5.41) is 21.9. The van der Waals surface area contributed by atoms with E-state index in [9.17, 15) is 4.79 Å². The molecule has 114 valence electrons. The minimum atomic E-state index is -0.895. The van der Waals surface area contributed by atoms with Crippen molar-refractivity contribution in [3.05, 3.63) is 35.7 Å². The van der Waals surface area contributed by atoms with Gasteiger partial charge in [0.25, 0.3) is 0 Å². The van der Waals surface area contributed by atoms with Gasteiger partial charge in [-0.05, 0) is 18.6 Å². The Balaban J connectivity index is 1.77. The maximum absolute atomic E-state index is 10.8. The van der Waals surface area contributed by atoms with Crippen LogP contribution in [-0.2, 0) is 11.4 Å². The van der Waals surface area contributed by atoms with E-state index in [-0.39, 0.29) is 13.0 Å². The van der Waals surface area contributed by atoms with Gasteiger partial charge in [-0.2, -0.15) is 9.78 Å². The highest BCUT2D eigenvalue weighted by Gasteiger charge is 2.20. The number of carboxylic acids is 1. The molecule has 0 radical (unpaired) electrons. The smallest absolute Gasteiger partial charge is 0.309 e. The molecule has 8 heteroatoms. The van der Waals surface area contributed by atoms with Gasteiger partial charge in [-0.15, -0.1) is 10.2 Å². The topological polar surface area (TPSA) is 89.6 Å². The monoisotopic (exact) mass is 318 g/mol. The minimum absolute atomic E-state index is 0.0806. The molecule has 7 nitrogen and oxygen atoms in total. The molecule has 0 bridgehead atoms. The Morgan fingerprint density at radius 2 is 2.23 bits per heavy atom. The fourth-order valence-electron chi connectivity index (χ4n) is 2.02. The van der Waals surface area contributed by atoms with E-state index in [1.165, 1.54) is 11.8 Å². The third-order valence-electron chi connectivity index (χ3n) is 3.09. The van der Waals surface area contributed by atoms with Crippen molar-refractivity contribution in [3.63, 3.8) is 0 Å². The summed E-state index contributed by atoms with van der Waals surface area (Å²) in [6.07, 6.45) is -0.0806. The largest absolute Gasteiger partial charge is 0.485 e. The first-order valence-corrected chi connectivity index (χ1v) is 7.66. The number of para-hydroxylation sites is 1. The lowest BCUT2D eigenvalue weighted by Gasteiger charge is -2.13. The number of aliphatic carboxylic acids is 1. The molecule has 2 heterocycles. The van der Waals surface area contributed by atoms with Crippen LogP contribution in [0.25, 0.3) is 0 Å². The molecule has 1 aromatic heterocycles. The number of thioether (sulfide) groups is 1. The number of ether oxygens (including phenoxy) is 1. The predicted octanol–water partition coefficient (Wildman–Crippen LogP) is 1.95. The van der Waals surface area contributed by atoms with E-state index in [1.807, 2.05) is 31.2 Å². The van der Waals surface area contributed by atoms with Gasteiger partial charge in [0.2, 0.25) is 5.16 Å². The Kier molecular flexibility index (Phi) is 4.10. The lowest BCUT2D eigenvalue weighted by atomic mass is 10.2. The highest BCUT2D eigenvalue weighted by molar-refractivity contribution is 7.99. The van der Waals surface area contributed by atoms with Gasteiger partial charge in [-0.25, -0.2) is 0 Å². The second-order valence-electron chi connectivity index (χ2n) is 4.79. The normalized spacial score (nSPS) is 13.4. The number of hydrogen-bond acceptors (Lipinski definition) is 6. The molecule has 22 heavy (non-hydrogen) atoms. The minimum Gasteiger partial charge on any atom is -0.485 e. The zero-order valence-corrected chi connectivity index (χ0v) is 12.7. The van der Waals surface area contributed by atoms with Crippen LogP contribution in [0.5, 0.6) is 5.75 Å². The first kappa shape index (κ1) is 14.6. The number of aryl methyl sites for hydroxylation is 1. The second kappa shape index (κ2) is 6.18. The highest BCUT2D eigenvalue weighted by Crippen LogP contribution is 2.24. The van der Waals surface area contributed by atoms with Crippen LogP contribution in [0.4, 0.5) is 0 Å². The molecular weight excluding hydrogens is 304 g/mol. The number of rotatable bonds is 5. The van der Waals surface area contributed by atoms with E-state index >= 15 is 0 Å². The zero-order chi connectivity index (χ0) is 15.5. The van der Waals surface area contributed by atoms with E-state index in [1.54, 1.807) is 4.68 Å². The van der Waals surface area contributed by atoms with Gasteiger partial charge in [0.05, 0.1) is 12.1 Å². The van der Waals surface area contributed by atoms with E-state index in [2.05, 4.69) is 15.3 Å². The maximum Gasteiger partial charge on any atom is 0.309 e. The molecule has 1 aliphatic rings. The van der Waals surface area contributed by atoms with Crippen LogP contribution in [0.1, 0.15) is 17.8 Å². The van der Waals surface area contributed by atoms with Gasteiger partial charge in [0.15, 0.2) is 5.82 Å². The van der Waals surface area contributed by atoms with Crippen LogP contribution in [0, 0.1) is 6.92 Å². The molecule has 1 N–H and O–H groups in total. The van der Waals surface area contributed by atoms with E-state index in [0.29, 0.717) is 22.4 Å². The number of fused-ring (bicyclic) bond motifs is 1. The molecule has 0 amide bonds. The number of aromatic nitrogens is 3. The fraction of sp³-hybridized carbons (Fsp3) is 0.286. The molecule has 0 aliphatic carbocycles. The second-order valence-corrected chi connectivity index (χ2v) is 5.73. The number of hydrogen-bond donors (Lipinski definition) is 1. The average Bonchev–Trinajstić information content (AvgIpc) is 2.88. The number of carboxylic acid groups (broad SMARTS) is 1. The highest BCUT2D eigenvalue weighted by atomic mass is 32.2. The lowest BCUT2D eigenvalue weighted by molar-refractivity contribution is -0.135. The molecule has 3 rings (SSSR count). The maximum atomic E-state index is 10.8. The van der Waals surface area contributed by atoms with Gasteiger partial charge in [0.1, 0.15) is 12.4 Å². The van der Waals surface area contributed by atoms with E-state index in [0.717, 1.165) is 11.3 Å². The van der Waals surface area contributed by atoms with Gasteiger partial charge in [-0.1, -0.05) is 30.0 Å². The summed E-state index contributed by atoms with van der Waals surface area (Å²) in [4.78, 5) is 10.8. The first-order chi connectivity index (χ1) is 10.6. The summed E-state index contributed by atoms with van der Waals surface area (Å²) in [6, 6.07) is 7.70. The van der Waals surface area contributed by atoms with E-state index < -0.39 is 5.97 Å². The quantitative estimate of drug-likeness (QED) is 0.906. The van der Waals surface area contributed by atoms with Crippen LogP contribution in [0.3, 0.4) is 0 Å². The molecule has 0 saturated carbocycles. The first-order valence-electron chi connectivity index (χ1n) is 6.67. The van der Waals surface area contributed by atoms with Crippen LogP contribution in [0.15, 0.2) is 34.5 Å². The SMILES string of the molecule is Cc1ccccc1OCc1nnc2n1N=C(CC(=O)O)CS2. The van der Waals surface area contributed by atoms with E-state index in [4.69, 9.17) is 9.84 Å². The summed E-state index contributed by atoms with van der Waals surface area (Å²) >= 11 is 1.42. The zero-order valence-electron chi connectivity index (χ0n) is 11.9. The molecule has 0 saturated heterocycles. The van der Waals surface area contributed by atoms with Crippen molar-refractivity contribution in [2.45, 2.75) is 25.1 Å². The molecule has 0 spiro atoms. The third-order valence-corrected chi connectivity index (χ3v) is 4.08. The summed E-state index contributed by atoms with van der Waals surface area (Å²) < 4.78 is 7.31. The van der Waals surface area contributed by atoms with Crippen molar-refractivity contribution >= 4 is 23.4 Å². The van der Waals surface area contributed by atoms with Crippen molar-refractivity contribution in [2.24, 2.45) is 5.10 Å². The standard InChI is InChI=1S/C14H14N4O3S/c1-9-4-2-3-5-11(9)21-7-12-15-16-14-18(12)17-10(8-22-14)6-13(19)20/h2-5H,6-8H2,1H3,(H,19,20). The molecule has 2 aromatic rings. The summed E-state index contributed by atoms with van der Waals surface area (Å²) in [6.45, 7) is 2.19. The Hall–Kier alpha value is -2.35. The molecule has 0 unspecified atom stereocenters. The Bertz CT molecular complexity index is 741. The Morgan fingerprint density at radius 3 is 3.00 bits per heavy atom. The van der Waals surface area contributed by atoms with Crippen molar-refractivity contribution in [1.29, 1.82) is 0 Å². The molecule has 0 atom stereocenters. The van der Waals surface area contributed by atoms with Gasteiger partial charge < -0.3 is 9.84 Å². The summed E-state index contributed by atoms with van der Waals surface area (Å²) in [7, 11) is 0. The molecule has 0 fully saturated rings. The van der Waals surface area contributed by atoms with Crippen LogP contribution < -0.4 is 4.74 Å². The van der Waals surface area contributed by atoms with Gasteiger partial charge in [0, 0.05) is 5.75 Å². The average molecular weight is 318 g/mol. The van der Waals surface area contributed by atoms with Crippen LogP contribution >= 0.6 is 11.8 Å². The van der Waals surface area contributed by atoms with Crippen molar-refractivity contribution in [2.75, 3.05) is 5.75 Å². The predicted molar refractivity (Wildman–Crippen MR) is 81.3 cm³/mol. The summed E-state index contributed by atoms with van der Waals surface area (Å²) in [5.41, 5.74) is 1.62. The Labute approximate surface area is 131 Å². The van der Waals surface area contributed by atoms with Crippen molar-refractivity contribution < 1.29 is 14.6 Å². The van der Waals surface area contributed by atoms with Crippen molar-refractivity contribution in [3.8, 4) is 5.75 Å². The van der Waals surface area contributed by atoms with Crippen LogP contribution in [0.2, 0.25) is 0 Å². The number of carbonyl (C=O) groups is 1. The molecule has 1 aliphatic heterocycles. The van der Waals surface area contributed by atoms with Crippen molar-refractivity contribution in [1.82, 2.24) is 14.9 Å². The summed E-state index contributed by atoms with van der Waals surface area (Å²) in [5.74, 6) is 0.947.